The van der Waals surface area contributed by atoms with Gasteiger partial charge in [0.15, 0.2) is 12.4 Å². The second kappa shape index (κ2) is 8.29. The summed E-state index contributed by atoms with van der Waals surface area (Å²) in [5.41, 5.74) is 2.63. The van der Waals surface area contributed by atoms with Crippen LogP contribution in [0.1, 0.15) is 49.0 Å². The van der Waals surface area contributed by atoms with Crippen LogP contribution >= 0.6 is 0 Å². The van der Waals surface area contributed by atoms with Gasteiger partial charge < -0.3 is 10.1 Å². The van der Waals surface area contributed by atoms with Gasteiger partial charge in [-0.2, -0.15) is 0 Å². The highest BCUT2D eigenvalue weighted by Gasteiger charge is 2.06. The number of carbonyl (C=O) groups excluding carboxylic acids is 2. The molecule has 24 heavy (non-hydrogen) atoms. The molecule has 0 radical (unpaired) electrons. The summed E-state index contributed by atoms with van der Waals surface area (Å²) in [7, 11) is 0. The van der Waals surface area contributed by atoms with Crippen LogP contribution in [0.3, 0.4) is 0 Å². The number of nitrogens with one attached hydrogen (secondary N) is 1. The standard InChI is InChI=1S/C20H23NO3/c1-4-14(2)16-5-9-18(10-6-16)21-20(23)13-24-19-11-7-17(8-12-19)15(3)22/h5-12,14H,4,13H2,1-3H3,(H,21,23). The van der Waals surface area contributed by atoms with Crippen molar-refractivity contribution in [1.82, 2.24) is 0 Å². The van der Waals surface area contributed by atoms with Gasteiger partial charge in [0.05, 0.1) is 0 Å². The van der Waals surface area contributed by atoms with Crippen LogP contribution in [0.5, 0.6) is 5.75 Å². The highest BCUT2D eigenvalue weighted by molar-refractivity contribution is 5.94. The number of hydrogen-bond acceptors (Lipinski definition) is 3. The van der Waals surface area contributed by atoms with Gasteiger partial charge in [-0.15, -0.1) is 0 Å². The van der Waals surface area contributed by atoms with Crippen molar-refractivity contribution in [1.29, 1.82) is 0 Å². The molecule has 0 aromatic heterocycles. The number of carbonyl (C=O) groups is 2. The smallest absolute Gasteiger partial charge is 0.262 e. The Kier molecular flexibility index (Phi) is 6.13. The summed E-state index contributed by atoms with van der Waals surface area (Å²) >= 11 is 0. The normalized spacial score (nSPS) is 11.6. The molecule has 0 aliphatic heterocycles. The van der Waals surface area contributed by atoms with Crippen molar-refractivity contribution in [2.45, 2.75) is 33.1 Å². The van der Waals surface area contributed by atoms with Crippen molar-refractivity contribution >= 4 is 17.4 Å². The molecule has 2 aromatic rings. The van der Waals surface area contributed by atoms with Gasteiger partial charge in [0, 0.05) is 11.3 Å². The fourth-order valence-corrected chi connectivity index (χ4v) is 2.26. The van der Waals surface area contributed by atoms with E-state index in [0.29, 0.717) is 17.2 Å². The highest BCUT2D eigenvalue weighted by Crippen LogP contribution is 2.20. The highest BCUT2D eigenvalue weighted by atomic mass is 16.5. The number of hydrogen-bond donors (Lipinski definition) is 1. The van der Waals surface area contributed by atoms with Gasteiger partial charge in [-0.05, 0) is 61.2 Å². The van der Waals surface area contributed by atoms with Crippen LogP contribution in [0.15, 0.2) is 48.5 Å². The molecule has 2 aromatic carbocycles. The summed E-state index contributed by atoms with van der Waals surface area (Å²) < 4.78 is 5.43. The quantitative estimate of drug-likeness (QED) is 0.767. The summed E-state index contributed by atoms with van der Waals surface area (Å²) in [6.45, 7) is 5.77. The number of ketones is 1. The summed E-state index contributed by atoms with van der Waals surface area (Å²) in [4.78, 5) is 23.2. The van der Waals surface area contributed by atoms with E-state index in [9.17, 15) is 9.59 Å². The molecule has 4 heteroatoms. The van der Waals surface area contributed by atoms with E-state index in [1.54, 1.807) is 24.3 Å². The fourth-order valence-electron chi connectivity index (χ4n) is 2.26. The van der Waals surface area contributed by atoms with Gasteiger partial charge in [-0.25, -0.2) is 0 Å². The van der Waals surface area contributed by atoms with Crippen LogP contribution in [0, 0.1) is 0 Å². The van der Waals surface area contributed by atoms with Gasteiger partial charge in [-0.3, -0.25) is 9.59 Å². The van der Waals surface area contributed by atoms with Crippen molar-refractivity contribution in [2.75, 3.05) is 11.9 Å². The van der Waals surface area contributed by atoms with Gasteiger partial charge in [-0.1, -0.05) is 26.0 Å². The van der Waals surface area contributed by atoms with Gasteiger partial charge in [0.2, 0.25) is 0 Å². The largest absolute Gasteiger partial charge is 0.484 e. The Morgan fingerprint density at radius 1 is 1.04 bits per heavy atom. The number of benzene rings is 2. The number of anilines is 1. The SMILES string of the molecule is CCC(C)c1ccc(NC(=O)COc2ccc(C(C)=O)cc2)cc1. The predicted octanol–water partition coefficient (Wildman–Crippen LogP) is 4.42. The number of amides is 1. The van der Waals surface area contributed by atoms with E-state index in [1.807, 2.05) is 24.3 Å². The first-order valence-corrected chi connectivity index (χ1v) is 8.13. The van der Waals surface area contributed by atoms with Crippen molar-refractivity contribution in [3.63, 3.8) is 0 Å². The van der Waals surface area contributed by atoms with E-state index in [4.69, 9.17) is 4.74 Å². The average molecular weight is 325 g/mol. The topological polar surface area (TPSA) is 55.4 Å². The minimum atomic E-state index is -0.220. The average Bonchev–Trinajstić information content (AvgIpc) is 2.60. The lowest BCUT2D eigenvalue weighted by atomic mass is 9.99. The maximum absolute atomic E-state index is 11.9. The molecule has 4 nitrogen and oxygen atoms in total. The summed E-state index contributed by atoms with van der Waals surface area (Å²) in [6.07, 6.45) is 1.09. The minimum absolute atomic E-state index is 0.000122. The Hall–Kier alpha value is -2.62. The Morgan fingerprint density at radius 3 is 2.21 bits per heavy atom. The summed E-state index contributed by atoms with van der Waals surface area (Å²) in [6, 6.07) is 14.6. The molecule has 0 saturated carbocycles. The molecule has 1 atom stereocenters. The van der Waals surface area contributed by atoms with E-state index in [1.165, 1.54) is 12.5 Å². The van der Waals surface area contributed by atoms with Gasteiger partial charge in [0.1, 0.15) is 5.75 Å². The number of rotatable bonds is 7. The molecular formula is C20H23NO3. The van der Waals surface area contributed by atoms with Crippen LogP contribution in [-0.4, -0.2) is 18.3 Å². The molecule has 0 spiro atoms. The second-order valence-electron chi connectivity index (χ2n) is 5.85. The van der Waals surface area contributed by atoms with Gasteiger partial charge in [0.25, 0.3) is 5.91 Å². The van der Waals surface area contributed by atoms with Crippen molar-refractivity contribution in [2.24, 2.45) is 0 Å². The van der Waals surface area contributed by atoms with Crippen molar-refractivity contribution in [3.05, 3.63) is 59.7 Å². The molecule has 126 valence electrons. The maximum Gasteiger partial charge on any atom is 0.262 e. The van der Waals surface area contributed by atoms with E-state index in [0.717, 1.165) is 12.1 Å². The third-order valence-corrected chi connectivity index (χ3v) is 4.01. The molecular weight excluding hydrogens is 302 g/mol. The maximum atomic E-state index is 11.9. The van der Waals surface area contributed by atoms with Crippen LogP contribution in [-0.2, 0) is 4.79 Å². The number of ether oxygens (including phenoxy) is 1. The predicted molar refractivity (Wildman–Crippen MR) is 95.7 cm³/mol. The minimum Gasteiger partial charge on any atom is -0.484 e. The third-order valence-electron chi connectivity index (χ3n) is 4.01. The monoisotopic (exact) mass is 325 g/mol. The zero-order valence-electron chi connectivity index (χ0n) is 14.3. The first kappa shape index (κ1) is 17.7. The third kappa shape index (κ3) is 4.95. The molecule has 0 bridgehead atoms. The lowest BCUT2D eigenvalue weighted by Crippen LogP contribution is -2.20. The van der Waals surface area contributed by atoms with E-state index in [2.05, 4.69) is 19.2 Å². The Labute approximate surface area is 142 Å². The molecule has 0 aliphatic carbocycles. The zero-order chi connectivity index (χ0) is 17.5. The molecule has 0 aliphatic rings. The molecule has 1 amide bonds. The first-order chi connectivity index (χ1) is 11.5. The van der Waals surface area contributed by atoms with E-state index >= 15 is 0 Å². The Morgan fingerprint density at radius 2 is 1.67 bits per heavy atom. The lowest BCUT2D eigenvalue weighted by molar-refractivity contribution is -0.118. The summed E-state index contributed by atoms with van der Waals surface area (Å²) in [5.74, 6) is 0.848. The van der Waals surface area contributed by atoms with Crippen molar-refractivity contribution in [3.8, 4) is 5.75 Å². The van der Waals surface area contributed by atoms with Crippen LogP contribution < -0.4 is 10.1 Å². The molecule has 0 fully saturated rings. The zero-order valence-corrected chi connectivity index (χ0v) is 14.3. The Bertz CT molecular complexity index is 690. The van der Waals surface area contributed by atoms with Crippen LogP contribution in [0.4, 0.5) is 5.69 Å². The first-order valence-electron chi connectivity index (χ1n) is 8.13. The van der Waals surface area contributed by atoms with Crippen LogP contribution in [0.25, 0.3) is 0 Å². The summed E-state index contributed by atoms with van der Waals surface area (Å²) in [5, 5.41) is 2.81. The molecule has 0 saturated heterocycles. The molecule has 1 N–H and O–H groups in total. The van der Waals surface area contributed by atoms with Gasteiger partial charge >= 0.3 is 0 Å². The van der Waals surface area contributed by atoms with Crippen LogP contribution in [0.2, 0.25) is 0 Å². The Balaban J connectivity index is 1.85. The molecule has 2 rings (SSSR count). The fraction of sp³-hybridized carbons (Fsp3) is 0.300. The second-order valence-corrected chi connectivity index (χ2v) is 5.85. The lowest BCUT2D eigenvalue weighted by Gasteiger charge is -2.11. The molecule has 0 heterocycles. The van der Waals surface area contributed by atoms with E-state index < -0.39 is 0 Å². The van der Waals surface area contributed by atoms with Crippen molar-refractivity contribution < 1.29 is 14.3 Å². The van der Waals surface area contributed by atoms with E-state index in [-0.39, 0.29) is 18.3 Å². The number of Topliss-reactive ketones (excluding diaryl/α,β-unsaturated/α-hetero) is 1. The molecule has 1 unspecified atom stereocenters.